The molecule has 0 spiro atoms. The zero-order chi connectivity index (χ0) is 12.6. The minimum Gasteiger partial charge on any atom is -0.468 e. The van der Waals surface area contributed by atoms with Crippen molar-refractivity contribution in [2.75, 3.05) is 27.4 Å². The molecule has 0 aromatic rings. The smallest absolute Gasteiger partial charge is 0.322 e. The summed E-state index contributed by atoms with van der Waals surface area (Å²) in [6, 6.07) is -0.191. The fraction of sp³-hybridized carbons (Fsp3) is 0.917. The Labute approximate surface area is 98.7 Å². The molecule has 1 unspecified atom stereocenters. The Morgan fingerprint density at radius 3 is 2.44 bits per heavy atom. The maximum absolute atomic E-state index is 11.3. The second-order valence-corrected chi connectivity index (χ2v) is 4.79. The van der Waals surface area contributed by atoms with Crippen LogP contribution in [-0.4, -0.2) is 39.4 Å². The van der Waals surface area contributed by atoms with Gasteiger partial charge in [0.05, 0.1) is 13.7 Å². The Bertz CT molecular complexity index is 204. The molecular weight excluding hydrogens is 206 g/mol. The van der Waals surface area contributed by atoms with Crippen LogP contribution in [0.25, 0.3) is 0 Å². The van der Waals surface area contributed by atoms with Crippen molar-refractivity contribution in [3.8, 4) is 0 Å². The van der Waals surface area contributed by atoms with Crippen molar-refractivity contribution in [3.05, 3.63) is 0 Å². The van der Waals surface area contributed by atoms with E-state index in [1.54, 1.807) is 7.11 Å². The topological polar surface area (TPSA) is 47.6 Å². The van der Waals surface area contributed by atoms with Gasteiger partial charge in [-0.2, -0.15) is 0 Å². The normalized spacial score (nSPS) is 13.6. The first-order valence-electron chi connectivity index (χ1n) is 5.77. The van der Waals surface area contributed by atoms with Crippen molar-refractivity contribution < 1.29 is 14.3 Å². The van der Waals surface area contributed by atoms with Gasteiger partial charge < -0.3 is 14.8 Å². The van der Waals surface area contributed by atoms with Crippen LogP contribution < -0.4 is 5.32 Å². The van der Waals surface area contributed by atoms with E-state index in [-0.39, 0.29) is 17.4 Å². The van der Waals surface area contributed by atoms with E-state index in [0.717, 1.165) is 26.0 Å². The summed E-state index contributed by atoms with van der Waals surface area (Å²) in [4.78, 5) is 11.3. The van der Waals surface area contributed by atoms with Crippen LogP contribution in [0.1, 0.15) is 33.6 Å². The van der Waals surface area contributed by atoms with E-state index in [0.29, 0.717) is 0 Å². The predicted molar refractivity (Wildman–Crippen MR) is 64.4 cm³/mol. The molecular formula is C12H25NO3. The summed E-state index contributed by atoms with van der Waals surface area (Å²) in [7, 11) is 3.13. The molecule has 16 heavy (non-hydrogen) atoms. The van der Waals surface area contributed by atoms with Crippen LogP contribution in [0.2, 0.25) is 0 Å². The number of rotatable bonds is 8. The van der Waals surface area contributed by atoms with E-state index in [1.165, 1.54) is 7.11 Å². The highest BCUT2D eigenvalue weighted by Crippen LogP contribution is 2.19. The number of hydrogen-bond acceptors (Lipinski definition) is 4. The third-order valence-corrected chi connectivity index (χ3v) is 2.62. The van der Waals surface area contributed by atoms with E-state index in [4.69, 9.17) is 9.47 Å². The lowest BCUT2D eigenvalue weighted by molar-refractivity contribution is -0.143. The van der Waals surface area contributed by atoms with E-state index < -0.39 is 0 Å². The molecule has 0 fully saturated rings. The van der Waals surface area contributed by atoms with Gasteiger partial charge in [-0.1, -0.05) is 20.8 Å². The molecule has 0 aromatic carbocycles. The lowest BCUT2D eigenvalue weighted by atomic mass is 9.90. The maximum atomic E-state index is 11.3. The van der Waals surface area contributed by atoms with Crippen molar-refractivity contribution in [1.29, 1.82) is 0 Å². The number of esters is 1. The zero-order valence-corrected chi connectivity index (χ0v) is 11.1. The summed E-state index contributed by atoms with van der Waals surface area (Å²) in [5, 5.41) is 3.20. The molecule has 0 aliphatic heterocycles. The number of hydrogen-bond donors (Lipinski definition) is 1. The summed E-state index contributed by atoms with van der Waals surface area (Å²) < 4.78 is 9.85. The molecule has 0 saturated carbocycles. The molecule has 0 aliphatic carbocycles. The third kappa shape index (κ3) is 6.08. The molecule has 0 heterocycles. The van der Waals surface area contributed by atoms with E-state index in [2.05, 4.69) is 19.2 Å². The van der Waals surface area contributed by atoms with Crippen molar-refractivity contribution in [3.63, 3.8) is 0 Å². The van der Waals surface area contributed by atoms with E-state index >= 15 is 0 Å². The molecule has 4 heteroatoms. The highest BCUT2D eigenvalue weighted by molar-refractivity contribution is 5.75. The molecule has 0 aromatic heterocycles. The SMILES string of the molecule is CCC(NCCC(C)(C)COC)C(=O)OC. The summed E-state index contributed by atoms with van der Waals surface area (Å²) in [6.45, 7) is 7.79. The lowest BCUT2D eigenvalue weighted by Gasteiger charge is -2.24. The molecule has 1 N–H and O–H groups in total. The number of ether oxygens (including phenoxy) is 2. The average Bonchev–Trinajstić information content (AvgIpc) is 2.23. The van der Waals surface area contributed by atoms with Gasteiger partial charge in [-0.15, -0.1) is 0 Å². The van der Waals surface area contributed by atoms with Gasteiger partial charge in [0.25, 0.3) is 0 Å². The predicted octanol–water partition coefficient (Wildman–Crippen LogP) is 1.59. The highest BCUT2D eigenvalue weighted by Gasteiger charge is 2.20. The molecule has 1 atom stereocenters. The van der Waals surface area contributed by atoms with Crippen LogP contribution >= 0.6 is 0 Å². The van der Waals surface area contributed by atoms with Gasteiger partial charge in [-0.3, -0.25) is 4.79 Å². The standard InChI is InChI=1S/C12H25NO3/c1-6-10(11(14)16-5)13-8-7-12(2,3)9-15-4/h10,13H,6-9H2,1-5H3. The third-order valence-electron chi connectivity index (χ3n) is 2.62. The van der Waals surface area contributed by atoms with E-state index in [9.17, 15) is 4.79 Å². The quantitative estimate of drug-likeness (QED) is 0.644. The molecule has 0 bridgehead atoms. The van der Waals surface area contributed by atoms with Gasteiger partial charge in [-0.05, 0) is 24.8 Å². The maximum Gasteiger partial charge on any atom is 0.322 e. The van der Waals surface area contributed by atoms with Crippen LogP contribution in [0.3, 0.4) is 0 Å². The minimum atomic E-state index is -0.191. The Morgan fingerprint density at radius 1 is 1.38 bits per heavy atom. The first kappa shape index (κ1) is 15.4. The van der Waals surface area contributed by atoms with Crippen molar-refractivity contribution in [2.45, 2.75) is 39.7 Å². The average molecular weight is 231 g/mol. The number of nitrogens with one attached hydrogen (secondary N) is 1. The monoisotopic (exact) mass is 231 g/mol. The number of methoxy groups -OCH3 is 2. The van der Waals surface area contributed by atoms with Gasteiger partial charge in [-0.25, -0.2) is 0 Å². The Morgan fingerprint density at radius 2 is 2.00 bits per heavy atom. The molecule has 4 nitrogen and oxygen atoms in total. The Hall–Kier alpha value is -0.610. The minimum absolute atomic E-state index is 0.135. The lowest BCUT2D eigenvalue weighted by Crippen LogP contribution is -2.39. The van der Waals surface area contributed by atoms with Crippen LogP contribution in [0.15, 0.2) is 0 Å². The van der Waals surface area contributed by atoms with Crippen LogP contribution in [0, 0.1) is 5.41 Å². The van der Waals surface area contributed by atoms with Crippen LogP contribution in [-0.2, 0) is 14.3 Å². The van der Waals surface area contributed by atoms with Gasteiger partial charge >= 0.3 is 5.97 Å². The summed E-state index contributed by atoms with van der Waals surface area (Å²) in [6.07, 6.45) is 1.71. The van der Waals surface area contributed by atoms with Gasteiger partial charge in [0.15, 0.2) is 0 Å². The Kier molecular flexibility index (Phi) is 7.34. The molecule has 0 radical (unpaired) electrons. The molecule has 96 valence electrons. The van der Waals surface area contributed by atoms with Gasteiger partial charge in [0.1, 0.15) is 6.04 Å². The van der Waals surface area contributed by atoms with Gasteiger partial charge in [0, 0.05) is 7.11 Å². The van der Waals surface area contributed by atoms with E-state index in [1.807, 2.05) is 6.92 Å². The number of carbonyl (C=O) groups excluding carboxylic acids is 1. The largest absolute Gasteiger partial charge is 0.468 e. The van der Waals surface area contributed by atoms with Crippen molar-refractivity contribution >= 4 is 5.97 Å². The summed E-state index contributed by atoms with van der Waals surface area (Å²) in [5.74, 6) is -0.188. The summed E-state index contributed by atoms with van der Waals surface area (Å²) >= 11 is 0. The van der Waals surface area contributed by atoms with Crippen molar-refractivity contribution in [1.82, 2.24) is 5.32 Å². The summed E-state index contributed by atoms with van der Waals surface area (Å²) in [5.41, 5.74) is 0.135. The Balaban J connectivity index is 3.90. The molecule has 0 amide bonds. The fourth-order valence-corrected chi connectivity index (χ4v) is 1.58. The van der Waals surface area contributed by atoms with Crippen molar-refractivity contribution in [2.24, 2.45) is 5.41 Å². The number of carbonyl (C=O) groups is 1. The first-order chi connectivity index (χ1) is 7.46. The fourth-order valence-electron chi connectivity index (χ4n) is 1.58. The second-order valence-electron chi connectivity index (χ2n) is 4.79. The van der Waals surface area contributed by atoms with Crippen LogP contribution in [0.5, 0.6) is 0 Å². The second kappa shape index (κ2) is 7.63. The zero-order valence-electron chi connectivity index (χ0n) is 11.1. The molecule has 0 rings (SSSR count). The highest BCUT2D eigenvalue weighted by atomic mass is 16.5. The van der Waals surface area contributed by atoms with Crippen LogP contribution in [0.4, 0.5) is 0 Å². The molecule has 0 aliphatic rings. The first-order valence-corrected chi connectivity index (χ1v) is 5.77. The molecule has 0 saturated heterocycles. The van der Waals surface area contributed by atoms with Gasteiger partial charge in [0.2, 0.25) is 0 Å².